The van der Waals surface area contributed by atoms with Gasteiger partial charge in [0.1, 0.15) is 0 Å². The van der Waals surface area contributed by atoms with Gasteiger partial charge in [-0.3, -0.25) is 0 Å². The second kappa shape index (κ2) is 4.71. The number of ether oxygens (including phenoxy) is 1. The van der Waals surface area contributed by atoms with Crippen LogP contribution in [0.3, 0.4) is 0 Å². The van der Waals surface area contributed by atoms with E-state index in [4.69, 9.17) is 4.74 Å². The summed E-state index contributed by atoms with van der Waals surface area (Å²) in [5.41, 5.74) is 0.128. The molecule has 0 radical (unpaired) electrons. The van der Waals surface area contributed by atoms with Gasteiger partial charge in [0.25, 0.3) is 0 Å². The van der Waals surface area contributed by atoms with Crippen LogP contribution >= 0.6 is 0 Å². The van der Waals surface area contributed by atoms with Crippen molar-refractivity contribution in [2.24, 2.45) is 0 Å². The van der Waals surface area contributed by atoms with Crippen molar-refractivity contribution in [3.63, 3.8) is 0 Å². The number of piperidine rings is 1. The van der Waals surface area contributed by atoms with E-state index in [1.54, 1.807) is 0 Å². The molecular formula is C8H15N2OW-. The van der Waals surface area contributed by atoms with Crippen LogP contribution in [0.2, 0.25) is 0 Å². The van der Waals surface area contributed by atoms with E-state index >= 15 is 0 Å². The predicted molar refractivity (Wildman–Crippen MR) is 43.9 cm³/mol. The summed E-state index contributed by atoms with van der Waals surface area (Å²) >= 11 is 0. The molecule has 0 unspecified atom stereocenters. The molecule has 2 fully saturated rings. The molecule has 0 aromatic rings. The molecule has 0 atom stereocenters. The monoisotopic (exact) mass is 339 g/mol. The topological polar surface area (TPSA) is 35.4 Å². The van der Waals surface area contributed by atoms with Gasteiger partial charge in [-0.05, 0) is 25.9 Å². The summed E-state index contributed by atoms with van der Waals surface area (Å²) in [6.45, 7) is 4.84. The second-order valence-corrected chi connectivity index (χ2v) is 3.39. The SMILES string of the molecule is C1COC2(CCNCC2)C[N-]1.[W]. The number of hydrogen-bond donors (Lipinski definition) is 1. The van der Waals surface area contributed by atoms with Gasteiger partial charge in [-0.15, -0.1) is 13.1 Å². The first-order valence-electron chi connectivity index (χ1n) is 4.39. The number of hydrogen-bond acceptors (Lipinski definition) is 2. The molecule has 2 aliphatic heterocycles. The molecule has 12 heavy (non-hydrogen) atoms. The van der Waals surface area contributed by atoms with Gasteiger partial charge < -0.3 is 15.4 Å². The standard InChI is InChI=1S/C8H15N2O.W/c1-3-9-4-2-8(1)7-10-5-6-11-8;/h9H,1-7H2;/q-1;. The summed E-state index contributed by atoms with van der Waals surface area (Å²) < 4.78 is 5.77. The van der Waals surface area contributed by atoms with Gasteiger partial charge in [-0.2, -0.15) is 0 Å². The van der Waals surface area contributed by atoms with Crippen molar-refractivity contribution in [3.05, 3.63) is 5.32 Å². The quantitative estimate of drug-likeness (QED) is 0.698. The second-order valence-electron chi connectivity index (χ2n) is 3.39. The van der Waals surface area contributed by atoms with E-state index < -0.39 is 0 Å². The first kappa shape index (κ1) is 10.6. The van der Waals surface area contributed by atoms with Gasteiger partial charge in [-0.25, -0.2) is 0 Å². The van der Waals surface area contributed by atoms with E-state index in [2.05, 4.69) is 10.6 Å². The molecule has 4 heteroatoms. The minimum absolute atomic E-state index is 0. The van der Waals surface area contributed by atoms with Crippen molar-refractivity contribution in [2.45, 2.75) is 18.4 Å². The van der Waals surface area contributed by atoms with Gasteiger partial charge in [0.15, 0.2) is 0 Å². The summed E-state index contributed by atoms with van der Waals surface area (Å²) in [4.78, 5) is 0. The molecule has 2 rings (SSSR count). The molecule has 70 valence electrons. The Bertz CT molecular complexity index is 112. The zero-order valence-electron chi connectivity index (χ0n) is 7.21. The van der Waals surface area contributed by atoms with Gasteiger partial charge in [0, 0.05) is 27.7 Å². The summed E-state index contributed by atoms with van der Waals surface area (Å²) in [6, 6.07) is 0. The molecule has 0 aromatic heterocycles. The molecule has 2 aliphatic rings. The zero-order valence-corrected chi connectivity index (χ0v) is 10.1. The molecule has 0 amide bonds. The fourth-order valence-corrected chi connectivity index (χ4v) is 1.84. The van der Waals surface area contributed by atoms with Gasteiger partial charge >= 0.3 is 0 Å². The molecule has 2 saturated heterocycles. The Balaban J connectivity index is 0.000000720. The predicted octanol–water partition coefficient (Wildman–Crippen LogP) is 0.510. The van der Waals surface area contributed by atoms with Crippen molar-refractivity contribution in [1.82, 2.24) is 5.32 Å². The molecule has 0 saturated carbocycles. The maximum absolute atomic E-state index is 5.77. The van der Waals surface area contributed by atoms with Crippen molar-refractivity contribution in [2.75, 3.05) is 32.8 Å². The van der Waals surface area contributed by atoms with Crippen molar-refractivity contribution >= 4 is 0 Å². The third-order valence-corrected chi connectivity index (χ3v) is 2.57. The number of nitrogens with zero attached hydrogens (tertiary/aromatic N) is 1. The van der Waals surface area contributed by atoms with E-state index in [0.29, 0.717) is 0 Å². The van der Waals surface area contributed by atoms with Gasteiger partial charge in [0.05, 0.1) is 5.60 Å². The van der Waals surface area contributed by atoms with E-state index in [9.17, 15) is 0 Å². The van der Waals surface area contributed by atoms with Crippen LogP contribution in [0.25, 0.3) is 5.32 Å². The van der Waals surface area contributed by atoms with Gasteiger partial charge in [-0.1, -0.05) is 0 Å². The first-order valence-corrected chi connectivity index (χ1v) is 4.39. The van der Waals surface area contributed by atoms with Gasteiger partial charge in [0.2, 0.25) is 0 Å². The van der Waals surface area contributed by atoms with Crippen LogP contribution in [0.1, 0.15) is 12.8 Å². The van der Waals surface area contributed by atoms with Crippen LogP contribution in [0.15, 0.2) is 0 Å². The molecule has 2 heterocycles. The maximum Gasteiger partial charge on any atom is 0.0519 e. The Hall–Kier alpha value is 0.568. The molecule has 0 aromatic carbocycles. The average molecular weight is 339 g/mol. The van der Waals surface area contributed by atoms with Crippen molar-refractivity contribution in [1.29, 1.82) is 0 Å². The largest absolute Gasteiger partial charge is 0.658 e. The third-order valence-electron chi connectivity index (χ3n) is 2.57. The molecular weight excluding hydrogens is 324 g/mol. The Labute approximate surface area is 87.9 Å². The number of rotatable bonds is 0. The zero-order chi connectivity index (χ0) is 7.57. The summed E-state index contributed by atoms with van der Waals surface area (Å²) in [5, 5.41) is 7.74. The Kier molecular flexibility index (Phi) is 4.18. The Morgan fingerprint density at radius 1 is 1.25 bits per heavy atom. The minimum Gasteiger partial charge on any atom is -0.658 e. The van der Waals surface area contributed by atoms with E-state index in [-0.39, 0.29) is 26.7 Å². The van der Waals surface area contributed by atoms with Crippen LogP contribution in [0.5, 0.6) is 0 Å². The maximum atomic E-state index is 5.77. The van der Waals surface area contributed by atoms with Crippen LogP contribution in [0, 0.1) is 0 Å². The van der Waals surface area contributed by atoms with E-state index in [1.165, 1.54) is 0 Å². The average Bonchev–Trinajstić information content (AvgIpc) is 2.07. The molecule has 3 nitrogen and oxygen atoms in total. The smallest absolute Gasteiger partial charge is 0.0519 e. The van der Waals surface area contributed by atoms with E-state index in [1.807, 2.05) is 0 Å². The molecule has 1 spiro atoms. The summed E-state index contributed by atoms with van der Waals surface area (Å²) in [5.74, 6) is 0. The summed E-state index contributed by atoms with van der Waals surface area (Å²) in [6.07, 6.45) is 2.27. The van der Waals surface area contributed by atoms with Crippen LogP contribution in [-0.2, 0) is 25.8 Å². The van der Waals surface area contributed by atoms with Crippen LogP contribution in [-0.4, -0.2) is 38.4 Å². The normalized spacial score (nSPS) is 28.0. The molecule has 1 N–H and O–H groups in total. The van der Waals surface area contributed by atoms with E-state index in [0.717, 1.165) is 45.6 Å². The Morgan fingerprint density at radius 3 is 2.58 bits per heavy atom. The van der Waals surface area contributed by atoms with Crippen molar-refractivity contribution in [3.8, 4) is 0 Å². The fourth-order valence-electron chi connectivity index (χ4n) is 1.84. The fraction of sp³-hybridized carbons (Fsp3) is 1.00. The summed E-state index contributed by atoms with van der Waals surface area (Å²) in [7, 11) is 0. The number of nitrogens with one attached hydrogen (secondary N) is 1. The van der Waals surface area contributed by atoms with Crippen LogP contribution < -0.4 is 5.32 Å². The first-order chi connectivity index (χ1) is 5.41. The molecule has 0 bridgehead atoms. The van der Waals surface area contributed by atoms with Crippen LogP contribution in [0.4, 0.5) is 0 Å². The number of morpholine rings is 1. The third kappa shape index (κ3) is 2.29. The minimum atomic E-state index is 0. The molecule has 0 aliphatic carbocycles. The Morgan fingerprint density at radius 2 is 2.00 bits per heavy atom. The van der Waals surface area contributed by atoms with Crippen molar-refractivity contribution < 1.29 is 25.8 Å².